The lowest BCUT2D eigenvalue weighted by molar-refractivity contribution is -0.116. The first-order valence-corrected chi connectivity index (χ1v) is 9.54. The normalized spacial score (nSPS) is 11.3. The summed E-state index contributed by atoms with van der Waals surface area (Å²) in [5.74, 6) is 1.17. The van der Waals surface area contributed by atoms with Gasteiger partial charge >= 0.3 is 0 Å². The number of anilines is 1. The van der Waals surface area contributed by atoms with E-state index in [1.54, 1.807) is 24.5 Å². The van der Waals surface area contributed by atoms with Gasteiger partial charge in [0.25, 0.3) is 0 Å². The van der Waals surface area contributed by atoms with Crippen molar-refractivity contribution in [3.8, 4) is 0 Å². The summed E-state index contributed by atoms with van der Waals surface area (Å²) in [6.07, 6.45) is 4.15. The first kappa shape index (κ1) is 19.8. The maximum absolute atomic E-state index is 12.0. The number of nitrogens with zero attached hydrogens (tertiary/aromatic N) is 3. The maximum Gasteiger partial charge on any atom is 0.227 e. The third-order valence-electron chi connectivity index (χ3n) is 3.61. The summed E-state index contributed by atoms with van der Waals surface area (Å²) in [6.45, 7) is 5.26. The molecule has 0 aliphatic heterocycles. The van der Waals surface area contributed by atoms with E-state index in [2.05, 4.69) is 37.8 Å². The third-order valence-corrected chi connectivity index (χ3v) is 4.81. The van der Waals surface area contributed by atoms with E-state index in [1.165, 1.54) is 4.88 Å². The standard InChI is InChI=1S/C18H26N6OS/c1-4-14-12-22-17(26-14)9-11-21-18(19-3)20-10-8-16(25)24-15-7-5-6-13(2)23-15/h5-7,12H,4,8-11H2,1-3H3,(H2,19,20,21)(H,23,24,25). The summed E-state index contributed by atoms with van der Waals surface area (Å²) in [6, 6.07) is 5.54. The van der Waals surface area contributed by atoms with Crippen LogP contribution in [0.1, 0.15) is 28.9 Å². The van der Waals surface area contributed by atoms with Crippen molar-refractivity contribution in [2.24, 2.45) is 4.99 Å². The highest BCUT2D eigenvalue weighted by atomic mass is 32.1. The Hall–Kier alpha value is -2.48. The Labute approximate surface area is 158 Å². The van der Waals surface area contributed by atoms with Gasteiger partial charge in [-0.25, -0.2) is 9.97 Å². The third kappa shape index (κ3) is 6.79. The predicted octanol–water partition coefficient (Wildman–Crippen LogP) is 2.15. The van der Waals surface area contributed by atoms with Gasteiger partial charge in [0.2, 0.25) is 5.91 Å². The smallest absolute Gasteiger partial charge is 0.227 e. The van der Waals surface area contributed by atoms with Crippen LogP contribution in [0, 0.1) is 6.92 Å². The van der Waals surface area contributed by atoms with Gasteiger partial charge in [0.1, 0.15) is 5.82 Å². The molecule has 0 saturated carbocycles. The number of pyridine rings is 1. The van der Waals surface area contributed by atoms with Crippen molar-refractivity contribution in [2.45, 2.75) is 33.1 Å². The summed E-state index contributed by atoms with van der Waals surface area (Å²) in [4.78, 5) is 26.1. The lowest BCUT2D eigenvalue weighted by atomic mass is 10.3. The second-order valence-corrected chi connectivity index (χ2v) is 6.91. The minimum absolute atomic E-state index is 0.0825. The van der Waals surface area contributed by atoms with Gasteiger partial charge in [0, 0.05) is 49.7 Å². The van der Waals surface area contributed by atoms with Gasteiger partial charge in [-0.2, -0.15) is 0 Å². The van der Waals surface area contributed by atoms with Gasteiger partial charge in [-0.3, -0.25) is 9.79 Å². The Morgan fingerprint density at radius 2 is 2.08 bits per heavy atom. The molecule has 0 radical (unpaired) electrons. The largest absolute Gasteiger partial charge is 0.356 e. The summed E-state index contributed by atoms with van der Waals surface area (Å²) >= 11 is 1.75. The molecule has 0 atom stereocenters. The number of guanidine groups is 1. The van der Waals surface area contributed by atoms with E-state index >= 15 is 0 Å². The maximum atomic E-state index is 12.0. The Kier molecular flexibility index (Phi) is 8.01. The van der Waals surface area contributed by atoms with Crippen molar-refractivity contribution in [1.29, 1.82) is 0 Å². The fraction of sp³-hybridized carbons (Fsp3) is 0.444. The van der Waals surface area contributed by atoms with Gasteiger partial charge in [-0.15, -0.1) is 11.3 Å². The zero-order valence-electron chi connectivity index (χ0n) is 15.5. The van der Waals surface area contributed by atoms with Crippen LogP contribution in [-0.2, 0) is 17.6 Å². The number of aryl methyl sites for hydroxylation is 2. The number of hydrogen-bond acceptors (Lipinski definition) is 5. The molecule has 0 aliphatic rings. The Balaban J connectivity index is 1.65. The highest BCUT2D eigenvalue weighted by Gasteiger charge is 2.05. The number of amides is 1. The van der Waals surface area contributed by atoms with Gasteiger partial charge in [0.05, 0.1) is 5.01 Å². The van der Waals surface area contributed by atoms with E-state index < -0.39 is 0 Å². The molecule has 0 unspecified atom stereocenters. The lowest BCUT2D eigenvalue weighted by Gasteiger charge is -2.11. The van der Waals surface area contributed by atoms with Crippen LogP contribution >= 0.6 is 11.3 Å². The fourth-order valence-electron chi connectivity index (χ4n) is 2.25. The molecular weight excluding hydrogens is 348 g/mol. The van der Waals surface area contributed by atoms with Gasteiger partial charge in [-0.1, -0.05) is 13.0 Å². The molecule has 0 saturated heterocycles. The molecule has 140 valence electrons. The number of rotatable bonds is 8. The first-order chi connectivity index (χ1) is 12.6. The molecule has 2 aromatic rings. The molecule has 26 heavy (non-hydrogen) atoms. The van der Waals surface area contributed by atoms with Crippen LogP contribution < -0.4 is 16.0 Å². The van der Waals surface area contributed by atoms with Crippen LogP contribution in [-0.4, -0.2) is 42.0 Å². The first-order valence-electron chi connectivity index (χ1n) is 8.72. The number of hydrogen-bond donors (Lipinski definition) is 3. The number of aliphatic imine (C=N–C) groups is 1. The summed E-state index contributed by atoms with van der Waals surface area (Å²) in [5, 5.41) is 10.3. The molecule has 0 bridgehead atoms. The molecule has 3 N–H and O–H groups in total. The molecule has 8 heteroatoms. The number of thiazole rings is 1. The van der Waals surface area contributed by atoms with Crippen LogP contribution in [0.2, 0.25) is 0 Å². The van der Waals surface area contributed by atoms with Gasteiger partial charge in [-0.05, 0) is 25.5 Å². The average molecular weight is 375 g/mol. The highest BCUT2D eigenvalue weighted by molar-refractivity contribution is 7.11. The minimum Gasteiger partial charge on any atom is -0.356 e. The van der Waals surface area contributed by atoms with Crippen molar-refractivity contribution in [2.75, 3.05) is 25.5 Å². The topological polar surface area (TPSA) is 91.3 Å². The molecular formula is C18H26N6OS. The zero-order valence-corrected chi connectivity index (χ0v) is 16.3. The van der Waals surface area contributed by atoms with Crippen molar-refractivity contribution in [3.63, 3.8) is 0 Å². The molecule has 1 amide bonds. The lowest BCUT2D eigenvalue weighted by Crippen LogP contribution is -2.39. The van der Waals surface area contributed by atoms with Crippen LogP contribution in [0.3, 0.4) is 0 Å². The second kappa shape index (κ2) is 10.5. The van der Waals surface area contributed by atoms with Crippen LogP contribution in [0.5, 0.6) is 0 Å². The van der Waals surface area contributed by atoms with Crippen molar-refractivity contribution in [1.82, 2.24) is 20.6 Å². The molecule has 2 heterocycles. The monoisotopic (exact) mass is 374 g/mol. The predicted molar refractivity (Wildman–Crippen MR) is 107 cm³/mol. The fourth-order valence-corrected chi connectivity index (χ4v) is 3.11. The zero-order chi connectivity index (χ0) is 18.8. The number of carbonyl (C=O) groups excluding carboxylic acids is 1. The number of aromatic nitrogens is 2. The van der Waals surface area contributed by atoms with E-state index in [9.17, 15) is 4.79 Å². The molecule has 0 fully saturated rings. The number of carbonyl (C=O) groups is 1. The summed E-state index contributed by atoms with van der Waals surface area (Å²) in [7, 11) is 1.71. The van der Waals surface area contributed by atoms with Gasteiger partial charge in [0.15, 0.2) is 5.96 Å². The minimum atomic E-state index is -0.0825. The molecule has 7 nitrogen and oxygen atoms in total. The average Bonchev–Trinajstić information content (AvgIpc) is 3.08. The van der Waals surface area contributed by atoms with E-state index in [0.29, 0.717) is 24.7 Å². The SMILES string of the molecule is CCc1cnc(CCNC(=NC)NCCC(=O)Nc2cccc(C)n2)s1. The van der Waals surface area contributed by atoms with E-state index in [0.717, 1.165) is 30.1 Å². The Morgan fingerprint density at radius 3 is 2.77 bits per heavy atom. The van der Waals surface area contributed by atoms with E-state index in [-0.39, 0.29) is 5.91 Å². The van der Waals surface area contributed by atoms with Crippen molar-refractivity contribution in [3.05, 3.63) is 40.0 Å². The molecule has 0 aromatic carbocycles. The van der Waals surface area contributed by atoms with Crippen LogP contribution in [0.15, 0.2) is 29.4 Å². The van der Waals surface area contributed by atoms with E-state index in [4.69, 9.17) is 0 Å². The second-order valence-electron chi connectivity index (χ2n) is 5.71. The number of nitrogens with one attached hydrogen (secondary N) is 3. The Morgan fingerprint density at radius 1 is 1.27 bits per heavy atom. The Bertz CT molecular complexity index is 743. The van der Waals surface area contributed by atoms with Crippen LogP contribution in [0.25, 0.3) is 0 Å². The van der Waals surface area contributed by atoms with E-state index in [1.807, 2.05) is 25.3 Å². The summed E-state index contributed by atoms with van der Waals surface area (Å²) < 4.78 is 0. The molecule has 0 spiro atoms. The quantitative estimate of drug-likeness (QED) is 0.486. The molecule has 2 aromatic heterocycles. The van der Waals surface area contributed by atoms with Crippen LogP contribution in [0.4, 0.5) is 5.82 Å². The molecule has 2 rings (SSSR count). The van der Waals surface area contributed by atoms with Crippen molar-refractivity contribution >= 4 is 29.0 Å². The molecule has 0 aliphatic carbocycles. The van der Waals surface area contributed by atoms with Crippen molar-refractivity contribution < 1.29 is 4.79 Å². The highest BCUT2D eigenvalue weighted by Crippen LogP contribution is 2.13. The summed E-state index contributed by atoms with van der Waals surface area (Å²) in [5.41, 5.74) is 0.872. The van der Waals surface area contributed by atoms with Gasteiger partial charge < -0.3 is 16.0 Å².